The van der Waals surface area contributed by atoms with Gasteiger partial charge in [0.05, 0.1) is 0 Å². The highest BCUT2D eigenvalue weighted by molar-refractivity contribution is 4.79. The van der Waals surface area contributed by atoms with Gasteiger partial charge in [-0.05, 0) is 52.7 Å². The van der Waals surface area contributed by atoms with E-state index in [-0.39, 0.29) is 0 Å². The van der Waals surface area contributed by atoms with Crippen molar-refractivity contribution in [1.29, 1.82) is 0 Å². The maximum absolute atomic E-state index is 3.61. The largest absolute Gasteiger partial charge is 0.303 e. The summed E-state index contributed by atoms with van der Waals surface area (Å²) in [5.74, 6) is 0. The number of nitrogens with zero attached hydrogens (tertiary/aromatic N) is 2. The molecule has 2 aliphatic rings. The minimum absolute atomic E-state index is 0.780. The van der Waals surface area contributed by atoms with Crippen molar-refractivity contribution < 1.29 is 0 Å². The van der Waals surface area contributed by atoms with Gasteiger partial charge >= 0.3 is 0 Å². The van der Waals surface area contributed by atoms with E-state index in [1.807, 2.05) is 0 Å². The van der Waals surface area contributed by atoms with Crippen LogP contribution in [0.25, 0.3) is 0 Å². The van der Waals surface area contributed by atoms with Crippen molar-refractivity contribution in [2.45, 2.75) is 44.7 Å². The average molecular weight is 211 g/mol. The molecule has 2 atom stereocenters. The lowest BCUT2D eigenvalue weighted by molar-refractivity contribution is 0.227. The summed E-state index contributed by atoms with van der Waals surface area (Å²) in [5.41, 5.74) is 0. The molecule has 2 rings (SSSR count). The Morgan fingerprint density at radius 3 is 2.60 bits per heavy atom. The SMILES string of the molecule is CC1CCCN1CNCC1CCCN1C. The van der Waals surface area contributed by atoms with Gasteiger partial charge in [-0.15, -0.1) is 0 Å². The maximum Gasteiger partial charge on any atom is 0.0483 e. The molecule has 0 bridgehead atoms. The van der Waals surface area contributed by atoms with Crippen molar-refractivity contribution in [3.05, 3.63) is 0 Å². The summed E-state index contributed by atoms with van der Waals surface area (Å²) in [6.45, 7) is 7.17. The first-order valence-electron chi connectivity index (χ1n) is 6.42. The maximum atomic E-state index is 3.61. The lowest BCUT2D eigenvalue weighted by Gasteiger charge is -2.24. The highest BCUT2D eigenvalue weighted by Gasteiger charge is 2.22. The molecule has 0 aromatic heterocycles. The van der Waals surface area contributed by atoms with E-state index in [1.165, 1.54) is 45.3 Å². The molecule has 15 heavy (non-hydrogen) atoms. The summed E-state index contributed by atoms with van der Waals surface area (Å²) in [6, 6.07) is 1.57. The first kappa shape index (κ1) is 11.4. The van der Waals surface area contributed by atoms with Crippen LogP contribution in [0, 0.1) is 0 Å². The van der Waals surface area contributed by atoms with Crippen molar-refractivity contribution in [3.63, 3.8) is 0 Å². The van der Waals surface area contributed by atoms with E-state index < -0.39 is 0 Å². The Bertz CT molecular complexity index is 175. The predicted octanol–water partition coefficient (Wildman–Crippen LogP) is 1.11. The van der Waals surface area contributed by atoms with Gasteiger partial charge in [0.15, 0.2) is 0 Å². The third-order valence-electron chi connectivity index (χ3n) is 4.06. The van der Waals surface area contributed by atoms with Crippen molar-refractivity contribution in [2.75, 3.05) is 33.4 Å². The van der Waals surface area contributed by atoms with Crippen LogP contribution in [0.3, 0.4) is 0 Å². The highest BCUT2D eigenvalue weighted by Crippen LogP contribution is 2.16. The number of nitrogens with one attached hydrogen (secondary N) is 1. The molecule has 0 amide bonds. The van der Waals surface area contributed by atoms with Gasteiger partial charge in [-0.3, -0.25) is 4.90 Å². The molecule has 0 aliphatic carbocycles. The Morgan fingerprint density at radius 1 is 1.20 bits per heavy atom. The van der Waals surface area contributed by atoms with Crippen LogP contribution in [0.1, 0.15) is 32.6 Å². The number of likely N-dealkylation sites (tertiary alicyclic amines) is 2. The van der Waals surface area contributed by atoms with Gasteiger partial charge in [-0.2, -0.15) is 0 Å². The molecule has 0 radical (unpaired) electrons. The molecule has 2 unspecified atom stereocenters. The van der Waals surface area contributed by atoms with Crippen LogP contribution in [-0.4, -0.2) is 55.2 Å². The van der Waals surface area contributed by atoms with E-state index in [1.54, 1.807) is 0 Å². The quantitative estimate of drug-likeness (QED) is 0.751. The number of rotatable bonds is 4. The number of hydrogen-bond donors (Lipinski definition) is 1. The number of likely N-dealkylation sites (N-methyl/N-ethyl adjacent to an activating group) is 1. The summed E-state index contributed by atoms with van der Waals surface area (Å²) in [6.07, 6.45) is 5.51. The van der Waals surface area contributed by atoms with Crippen LogP contribution in [0.4, 0.5) is 0 Å². The molecular formula is C12H25N3. The Hall–Kier alpha value is -0.120. The smallest absolute Gasteiger partial charge is 0.0483 e. The first-order valence-corrected chi connectivity index (χ1v) is 6.42. The second-order valence-electron chi connectivity index (χ2n) is 5.19. The van der Waals surface area contributed by atoms with Gasteiger partial charge in [-0.25, -0.2) is 0 Å². The monoisotopic (exact) mass is 211 g/mol. The molecular weight excluding hydrogens is 186 g/mol. The summed E-state index contributed by atoms with van der Waals surface area (Å²) in [7, 11) is 2.25. The Kier molecular flexibility index (Phi) is 4.00. The van der Waals surface area contributed by atoms with Crippen LogP contribution in [-0.2, 0) is 0 Å². The molecule has 0 spiro atoms. The molecule has 2 heterocycles. The van der Waals surface area contributed by atoms with E-state index in [0.29, 0.717) is 0 Å². The zero-order valence-electron chi connectivity index (χ0n) is 10.2. The van der Waals surface area contributed by atoms with Crippen molar-refractivity contribution >= 4 is 0 Å². The molecule has 2 fully saturated rings. The normalized spacial score (nSPS) is 34.0. The van der Waals surface area contributed by atoms with Crippen LogP contribution < -0.4 is 5.32 Å². The third kappa shape index (κ3) is 2.92. The molecule has 3 heteroatoms. The van der Waals surface area contributed by atoms with Crippen molar-refractivity contribution in [3.8, 4) is 0 Å². The molecule has 88 valence electrons. The van der Waals surface area contributed by atoms with E-state index in [2.05, 4.69) is 29.1 Å². The predicted molar refractivity (Wildman–Crippen MR) is 63.9 cm³/mol. The van der Waals surface area contributed by atoms with Crippen molar-refractivity contribution in [2.24, 2.45) is 0 Å². The van der Waals surface area contributed by atoms with Gasteiger partial charge in [-0.1, -0.05) is 0 Å². The fraction of sp³-hybridized carbons (Fsp3) is 1.00. The summed E-state index contributed by atoms with van der Waals surface area (Å²) in [4.78, 5) is 5.05. The van der Waals surface area contributed by atoms with Crippen LogP contribution in [0.5, 0.6) is 0 Å². The molecule has 2 saturated heterocycles. The molecule has 0 aromatic rings. The molecule has 1 N–H and O–H groups in total. The van der Waals surface area contributed by atoms with Crippen LogP contribution in [0.2, 0.25) is 0 Å². The fourth-order valence-electron chi connectivity index (χ4n) is 2.84. The van der Waals surface area contributed by atoms with E-state index in [9.17, 15) is 0 Å². The van der Waals surface area contributed by atoms with Crippen LogP contribution >= 0.6 is 0 Å². The van der Waals surface area contributed by atoms with Gasteiger partial charge in [0.25, 0.3) is 0 Å². The van der Waals surface area contributed by atoms with Gasteiger partial charge in [0.2, 0.25) is 0 Å². The zero-order valence-corrected chi connectivity index (χ0v) is 10.2. The highest BCUT2D eigenvalue weighted by atomic mass is 15.3. The second-order valence-corrected chi connectivity index (χ2v) is 5.19. The molecule has 2 aliphatic heterocycles. The van der Waals surface area contributed by atoms with Crippen molar-refractivity contribution in [1.82, 2.24) is 15.1 Å². The minimum atomic E-state index is 0.780. The second kappa shape index (κ2) is 5.28. The fourth-order valence-corrected chi connectivity index (χ4v) is 2.84. The molecule has 0 saturated carbocycles. The van der Waals surface area contributed by atoms with Gasteiger partial charge in [0.1, 0.15) is 0 Å². The van der Waals surface area contributed by atoms with Gasteiger partial charge in [0, 0.05) is 25.3 Å². The average Bonchev–Trinajstić information content (AvgIpc) is 2.78. The zero-order chi connectivity index (χ0) is 10.7. The Labute approximate surface area is 93.8 Å². The lowest BCUT2D eigenvalue weighted by atomic mass is 10.2. The Balaban J connectivity index is 1.62. The standard InChI is InChI=1S/C12H25N3/c1-11-5-3-8-15(11)10-13-9-12-6-4-7-14(12)2/h11-13H,3-10H2,1-2H3. The summed E-state index contributed by atoms with van der Waals surface area (Å²) in [5, 5.41) is 3.61. The third-order valence-corrected chi connectivity index (χ3v) is 4.06. The molecule has 3 nitrogen and oxygen atoms in total. The first-order chi connectivity index (χ1) is 7.27. The summed E-state index contributed by atoms with van der Waals surface area (Å²) < 4.78 is 0. The topological polar surface area (TPSA) is 18.5 Å². The Morgan fingerprint density at radius 2 is 2.00 bits per heavy atom. The van der Waals surface area contributed by atoms with E-state index in [4.69, 9.17) is 0 Å². The van der Waals surface area contributed by atoms with Crippen LogP contribution in [0.15, 0.2) is 0 Å². The van der Waals surface area contributed by atoms with E-state index in [0.717, 1.165) is 18.8 Å². The lowest BCUT2D eigenvalue weighted by Crippen LogP contribution is -2.42. The minimum Gasteiger partial charge on any atom is -0.303 e. The number of hydrogen-bond acceptors (Lipinski definition) is 3. The summed E-state index contributed by atoms with van der Waals surface area (Å²) >= 11 is 0. The molecule has 0 aromatic carbocycles. The van der Waals surface area contributed by atoms with E-state index >= 15 is 0 Å². The van der Waals surface area contributed by atoms with Gasteiger partial charge < -0.3 is 10.2 Å².